The van der Waals surface area contributed by atoms with Crippen LogP contribution in [0.3, 0.4) is 0 Å². The van der Waals surface area contributed by atoms with Crippen molar-refractivity contribution in [3.8, 4) is 0 Å². The highest BCUT2D eigenvalue weighted by Crippen LogP contribution is 2.32. The Morgan fingerprint density at radius 2 is 2.11 bits per heavy atom. The van der Waals surface area contributed by atoms with Gasteiger partial charge in [0.1, 0.15) is 4.90 Å². The summed E-state index contributed by atoms with van der Waals surface area (Å²) in [5.74, 6) is 0.530. The monoisotopic (exact) mass is 332 g/mol. The van der Waals surface area contributed by atoms with Crippen LogP contribution in [0.2, 0.25) is 0 Å². The average molecular weight is 333 g/mol. The van der Waals surface area contributed by atoms with E-state index in [1.807, 2.05) is 13.8 Å². The van der Waals surface area contributed by atoms with Gasteiger partial charge in [0.25, 0.3) is 0 Å². The molecule has 0 radical (unpaired) electrons. The fraction of sp³-hybridized carbons (Fsp3) is 0.583. The lowest BCUT2D eigenvalue weighted by Crippen LogP contribution is -2.38. The van der Waals surface area contributed by atoms with Gasteiger partial charge in [-0.15, -0.1) is 0 Å². The van der Waals surface area contributed by atoms with Gasteiger partial charge in [0.2, 0.25) is 10.0 Å². The van der Waals surface area contributed by atoms with Crippen molar-refractivity contribution in [3.05, 3.63) is 22.9 Å². The van der Waals surface area contributed by atoms with Crippen molar-refractivity contribution in [3.63, 3.8) is 0 Å². The third kappa shape index (κ3) is 3.10. The molecule has 0 amide bonds. The zero-order valence-corrected chi connectivity index (χ0v) is 12.9. The van der Waals surface area contributed by atoms with E-state index in [0.29, 0.717) is 16.9 Å². The van der Waals surface area contributed by atoms with Crippen LogP contribution < -0.4 is 0 Å². The minimum Gasteiger partial charge on any atom is -0.262 e. The maximum atomic E-state index is 12.6. The highest BCUT2D eigenvalue weighted by atomic mass is 79.9. The van der Waals surface area contributed by atoms with Crippen LogP contribution in [0.4, 0.5) is 0 Å². The molecule has 2 rings (SSSR count). The first kappa shape index (κ1) is 14.0. The highest BCUT2D eigenvalue weighted by Gasteiger charge is 2.33. The number of hydrogen-bond acceptors (Lipinski definition) is 3. The van der Waals surface area contributed by atoms with Gasteiger partial charge in [-0.25, -0.2) is 8.42 Å². The minimum atomic E-state index is -3.44. The molecule has 18 heavy (non-hydrogen) atoms. The van der Waals surface area contributed by atoms with Crippen LogP contribution in [0.1, 0.15) is 26.7 Å². The van der Waals surface area contributed by atoms with Crippen LogP contribution in [0.15, 0.2) is 27.8 Å². The van der Waals surface area contributed by atoms with Crippen molar-refractivity contribution in [2.75, 3.05) is 6.54 Å². The van der Waals surface area contributed by atoms with E-state index in [2.05, 4.69) is 20.9 Å². The Labute approximate surface area is 117 Å². The van der Waals surface area contributed by atoms with E-state index in [1.165, 1.54) is 6.20 Å². The first-order valence-electron chi connectivity index (χ1n) is 6.03. The van der Waals surface area contributed by atoms with Crippen molar-refractivity contribution >= 4 is 26.0 Å². The van der Waals surface area contributed by atoms with E-state index >= 15 is 0 Å². The average Bonchev–Trinajstić information content (AvgIpc) is 3.09. The first-order chi connectivity index (χ1) is 8.41. The lowest BCUT2D eigenvalue weighted by Gasteiger charge is -2.25. The smallest absolute Gasteiger partial charge is 0.244 e. The van der Waals surface area contributed by atoms with Crippen LogP contribution in [0, 0.1) is 5.92 Å². The van der Waals surface area contributed by atoms with Crippen molar-refractivity contribution in [2.24, 2.45) is 5.92 Å². The molecule has 0 atom stereocenters. The van der Waals surface area contributed by atoms with Gasteiger partial charge in [0.15, 0.2) is 0 Å². The van der Waals surface area contributed by atoms with Crippen molar-refractivity contribution in [1.82, 2.24) is 9.29 Å². The summed E-state index contributed by atoms with van der Waals surface area (Å²) in [5, 5.41) is 0. The standard InChI is InChI=1S/C12H17BrN2O2S/c1-9(2)15(8-10-3-4-10)18(16,17)12-5-11(13)6-14-7-12/h5-7,9-10H,3-4,8H2,1-2H3. The molecular weight excluding hydrogens is 316 g/mol. The van der Waals surface area contributed by atoms with Gasteiger partial charge in [-0.3, -0.25) is 4.98 Å². The van der Waals surface area contributed by atoms with Crippen molar-refractivity contribution in [1.29, 1.82) is 0 Å². The number of aromatic nitrogens is 1. The maximum absolute atomic E-state index is 12.6. The predicted octanol–water partition coefficient (Wildman–Crippen LogP) is 2.65. The largest absolute Gasteiger partial charge is 0.262 e. The molecule has 1 aliphatic rings. The first-order valence-corrected chi connectivity index (χ1v) is 8.27. The number of halogens is 1. The van der Waals surface area contributed by atoms with Gasteiger partial charge in [0, 0.05) is 29.5 Å². The van der Waals surface area contributed by atoms with Crippen LogP contribution in [-0.2, 0) is 10.0 Å². The highest BCUT2D eigenvalue weighted by molar-refractivity contribution is 9.10. The summed E-state index contributed by atoms with van der Waals surface area (Å²) in [4.78, 5) is 4.19. The Kier molecular flexibility index (Phi) is 4.08. The van der Waals surface area contributed by atoms with Gasteiger partial charge in [-0.05, 0) is 54.6 Å². The van der Waals surface area contributed by atoms with Gasteiger partial charge in [0.05, 0.1) is 0 Å². The Bertz CT molecular complexity index is 527. The Morgan fingerprint density at radius 3 is 2.61 bits per heavy atom. The zero-order valence-electron chi connectivity index (χ0n) is 10.5. The molecule has 4 nitrogen and oxygen atoms in total. The van der Waals surface area contributed by atoms with E-state index in [0.717, 1.165) is 12.8 Å². The summed E-state index contributed by atoms with van der Waals surface area (Å²) in [6, 6.07) is 1.57. The molecule has 1 fully saturated rings. The Hall–Kier alpha value is -0.460. The molecule has 0 bridgehead atoms. The molecule has 0 spiro atoms. The molecule has 1 aromatic heterocycles. The lowest BCUT2D eigenvalue weighted by atomic mass is 10.3. The topological polar surface area (TPSA) is 50.3 Å². The third-order valence-corrected chi connectivity index (χ3v) is 5.44. The van der Waals surface area contributed by atoms with E-state index < -0.39 is 10.0 Å². The van der Waals surface area contributed by atoms with E-state index in [9.17, 15) is 8.42 Å². The normalized spacial score (nSPS) is 16.5. The van der Waals surface area contributed by atoms with Gasteiger partial charge in [-0.1, -0.05) is 0 Å². The molecule has 1 saturated carbocycles. The van der Waals surface area contributed by atoms with Crippen LogP contribution in [0.25, 0.3) is 0 Å². The number of rotatable bonds is 5. The fourth-order valence-electron chi connectivity index (χ4n) is 1.81. The van der Waals surface area contributed by atoms with E-state index in [-0.39, 0.29) is 10.9 Å². The second-order valence-electron chi connectivity index (χ2n) is 4.95. The third-order valence-electron chi connectivity index (χ3n) is 3.00. The van der Waals surface area contributed by atoms with Crippen molar-refractivity contribution < 1.29 is 8.42 Å². The quantitative estimate of drug-likeness (QED) is 0.832. The van der Waals surface area contributed by atoms with Crippen LogP contribution in [-0.4, -0.2) is 30.3 Å². The predicted molar refractivity (Wildman–Crippen MR) is 73.7 cm³/mol. The molecular formula is C12H17BrN2O2S. The second-order valence-corrected chi connectivity index (χ2v) is 7.76. The van der Waals surface area contributed by atoms with Gasteiger partial charge in [-0.2, -0.15) is 4.31 Å². The van der Waals surface area contributed by atoms with Crippen LogP contribution >= 0.6 is 15.9 Å². The van der Waals surface area contributed by atoms with Gasteiger partial charge >= 0.3 is 0 Å². The fourth-order valence-corrected chi connectivity index (χ4v) is 4.03. The van der Waals surface area contributed by atoms with E-state index in [4.69, 9.17) is 0 Å². The summed E-state index contributed by atoms with van der Waals surface area (Å²) in [6.07, 6.45) is 5.26. The number of nitrogens with zero attached hydrogens (tertiary/aromatic N) is 2. The summed E-state index contributed by atoms with van der Waals surface area (Å²) in [6.45, 7) is 4.43. The molecule has 0 aliphatic heterocycles. The zero-order chi connectivity index (χ0) is 13.3. The van der Waals surface area contributed by atoms with Gasteiger partial charge < -0.3 is 0 Å². The number of hydrogen-bond donors (Lipinski definition) is 0. The molecule has 0 aromatic carbocycles. The molecule has 100 valence electrons. The summed E-state index contributed by atoms with van der Waals surface area (Å²) >= 11 is 3.26. The molecule has 0 unspecified atom stereocenters. The molecule has 1 aliphatic carbocycles. The SMILES string of the molecule is CC(C)N(CC1CC1)S(=O)(=O)c1cncc(Br)c1. The molecule has 1 heterocycles. The Morgan fingerprint density at radius 1 is 1.44 bits per heavy atom. The second kappa shape index (κ2) is 5.27. The maximum Gasteiger partial charge on any atom is 0.244 e. The minimum absolute atomic E-state index is 0.0328. The summed E-state index contributed by atoms with van der Waals surface area (Å²) < 4.78 is 27.4. The molecule has 0 saturated heterocycles. The number of pyridine rings is 1. The lowest BCUT2D eigenvalue weighted by molar-refractivity contribution is 0.341. The van der Waals surface area contributed by atoms with Crippen LogP contribution in [0.5, 0.6) is 0 Å². The van der Waals surface area contributed by atoms with Crippen molar-refractivity contribution in [2.45, 2.75) is 37.6 Å². The number of sulfonamides is 1. The summed E-state index contributed by atoms with van der Waals surface area (Å²) in [7, 11) is -3.44. The molecule has 6 heteroatoms. The molecule has 1 aromatic rings. The molecule has 0 N–H and O–H groups in total. The van der Waals surface area contributed by atoms with E-state index in [1.54, 1.807) is 16.6 Å². The Balaban J connectivity index is 2.31. The summed E-state index contributed by atoms with van der Waals surface area (Å²) in [5.41, 5.74) is 0.